The maximum atomic E-state index is 6.51. The fourth-order valence-corrected chi connectivity index (χ4v) is 35.2. The van der Waals surface area contributed by atoms with Crippen LogP contribution < -0.4 is 0 Å². The summed E-state index contributed by atoms with van der Waals surface area (Å²) in [6.45, 7) is 46.7. The van der Waals surface area contributed by atoms with Crippen LogP contribution in [0.15, 0.2) is 0 Å². The summed E-state index contributed by atoms with van der Waals surface area (Å²) in [7, 11) is 0. The van der Waals surface area contributed by atoms with Crippen molar-refractivity contribution in [2.45, 2.75) is 544 Å². The highest BCUT2D eigenvalue weighted by atomic mass is 16.5. The summed E-state index contributed by atoms with van der Waals surface area (Å²) in [6, 6.07) is 0. The lowest BCUT2D eigenvalue weighted by atomic mass is 9.50. The molecule has 13 atom stereocenters. The summed E-state index contributed by atoms with van der Waals surface area (Å²) >= 11 is 0. The van der Waals surface area contributed by atoms with E-state index < -0.39 is 0 Å². The van der Waals surface area contributed by atoms with E-state index in [9.17, 15) is 0 Å². The van der Waals surface area contributed by atoms with Crippen LogP contribution in [0.2, 0.25) is 0 Å². The van der Waals surface area contributed by atoms with Crippen molar-refractivity contribution < 1.29 is 37.9 Å². The lowest BCUT2D eigenvalue weighted by molar-refractivity contribution is -0.191. The normalized spacial score (nSPS) is 44.0. The maximum absolute atomic E-state index is 6.51. The third-order valence-electron chi connectivity index (χ3n) is 40.8. The predicted octanol–water partition coefficient (Wildman–Crippen LogP) is 31.8. The fraction of sp³-hybridized carbons (Fsp3) is 1.00. The Labute approximate surface area is 779 Å². The van der Waals surface area contributed by atoms with Gasteiger partial charge in [0, 0.05) is 0 Å². The molecule has 0 heterocycles. The molecular weight excluding hydrogens is 1550 g/mol. The van der Waals surface area contributed by atoms with Gasteiger partial charge in [-0.1, -0.05) is 139 Å². The second kappa shape index (κ2) is 46.0. The van der Waals surface area contributed by atoms with Crippen LogP contribution in [0.4, 0.5) is 0 Å². The van der Waals surface area contributed by atoms with Crippen molar-refractivity contribution in [1.29, 1.82) is 0 Å². The van der Waals surface area contributed by atoms with E-state index in [-0.39, 0.29) is 0 Å². The first kappa shape index (κ1) is 100. The number of hydrogen-bond donors (Lipinski definition) is 0. The molecule has 27 fully saturated rings. The topological polar surface area (TPSA) is 73.8 Å². The molecule has 126 heavy (non-hydrogen) atoms. The van der Waals surface area contributed by atoms with Gasteiger partial charge in [0.25, 0.3) is 0 Å². The highest BCUT2D eigenvalue weighted by Crippen LogP contribution is 2.64. The van der Waals surface area contributed by atoms with Gasteiger partial charge in [0.05, 0.1) is 98.2 Å². The molecule has 22 bridgehead atoms. The first-order valence-corrected chi connectivity index (χ1v) is 57.6. The molecule has 27 saturated carbocycles. The van der Waals surface area contributed by atoms with Crippen molar-refractivity contribution in [3.8, 4) is 0 Å². The minimum Gasteiger partial charge on any atom is -0.378 e. The largest absolute Gasteiger partial charge is 0.378 e. The Hall–Kier alpha value is -0.320. The molecule has 0 radical (unpaired) electrons. The molecule has 8 heteroatoms. The van der Waals surface area contributed by atoms with Gasteiger partial charge in [-0.25, -0.2) is 0 Å². The van der Waals surface area contributed by atoms with E-state index in [2.05, 4.69) is 138 Å². The van der Waals surface area contributed by atoms with Gasteiger partial charge in [0.1, 0.15) is 0 Å². The van der Waals surface area contributed by atoms with E-state index in [0.717, 1.165) is 173 Å². The van der Waals surface area contributed by atoms with E-state index in [1.165, 1.54) is 283 Å². The van der Waals surface area contributed by atoms with E-state index in [0.29, 0.717) is 114 Å². The Morgan fingerprint density at radius 2 is 0.587 bits per heavy atom. The van der Waals surface area contributed by atoms with Crippen molar-refractivity contribution in [3.05, 3.63) is 0 Å². The van der Waals surface area contributed by atoms with Gasteiger partial charge in [-0.05, 0) is 510 Å². The van der Waals surface area contributed by atoms with Gasteiger partial charge in [0.2, 0.25) is 0 Å². The molecule has 0 saturated heterocycles. The zero-order chi connectivity index (χ0) is 88.8. The standard InChI is InChI=1S/C17H32O.C16H28O.2C15H26O.C15H28O.C14H24O.2C13H22O/c1-13(2)14(3)18-17-11-7-10-16(12-17)15-8-5-4-6-9-15;1-10(2)11(3)17-9-16-14-5-12-4-13(7-14)8-15(16)6-12;1-10(2)11(3)16-15-7-12-4-13(8-15)6-14(5-12)9-15;1-9(2)10(3)16-15-13-5-11-4-12(7-13)8-14(15)6-11;1-12(2)16-15-10-6-9-14(11-15)13-7-4-3-5-8-13;1-10(2)15-9-14-6-11-3-12(7-14)5-13(4-11)8-14;1-8(2)14-13-11-4-9-3-10(6-11)7-12(13)5-9;1-8(2)14-13-7-9-6-12(13)11-5-3-4-10(9)11/h13-17H,4-12H2,1-3H3;10-16H,4-9H2,1-3H3;10-14H,4-9H2,1-3H3;9-15H,4-8H2,1-3H3;12-15H,3-11H2,1-2H3;10-13H,3-9H2,1-2H3;2*8-13H,3-7H2,1-2H3. The number of fused-ring (bicyclic) bond motifs is 5. The molecule has 0 aliphatic heterocycles. The molecule has 0 aromatic heterocycles. The van der Waals surface area contributed by atoms with Crippen LogP contribution in [-0.2, 0) is 37.9 Å². The number of rotatable bonds is 24. The van der Waals surface area contributed by atoms with Crippen molar-refractivity contribution in [2.24, 2.45) is 189 Å². The monoisotopic (exact) mass is 1750 g/mol. The Kier molecular flexibility index (Phi) is 36.5. The molecule has 0 N–H and O–H groups in total. The van der Waals surface area contributed by atoms with Crippen molar-refractivity contribution in [1.82, 2.24) is 0 Å². The molecule has 27 rings (SSSR count). The van der Waals surface area contributed by atoms with Gasteiger partial charge < -0.3 is 37.9 Å². The van der Waals surface area contributed by atoms with Gasteiger partial charge in [-0.3, -0.25) is 0 Å². The molecular formula is C118H208O8. The van der Waals surface area contributed by atoms with Gasteiger partial charge >= 0.3 is 0 Å². The molecule has 0 aromatic carbocycles. The molecule has 27 aliphatic carbocycles. The van der Waals surface area contributed by atoms with Crippen LogP contribution in [0.25, 0.3) is 0 Å². The van der Waals surface area contributed by atoms with Crippen molar-refractivity contribution in [2.75, 3.05) is 13.2 Å². The lowest BCUT2D eigenvalue weighted by Gasteiger charge is -2.57. The summed E-state index contributed by atoms with van der Waals surface area (Å²) in [5.74, 6) is 30.1. The highest BCUT2D eigenvalue weighted by molar-refractivity contribution is 5.08. The third kappa shape index (κ3) is 26.8. The zero-order valence-corrected chi connectivity index (χ0v) is 86.4. The molecule has 27 aliphatic rings. The van der Waals surface area contributed by atoms with Crippen LogP contribution in [0.3, 0.4) is 0 Å². The van der Waals surface area contributed by atoms with Crippen molar-refractivity contribution >= 4 is 0 Å². The average Bonchev–Trinajstić information content (AvgIpc) is 1.22. The summed E-state index contributed by atoms with van der Waals surface area (Å²) in [5.41, 5.74) is 0.914. The zero-order valence-electron chi connectivity index (χ0n) is 86.4. The van der Waals surface area contributed by atoms with E-state index >= 15 is 0 Å². The number of hydrogen-bond acceptors (Lipinski definition) is 8. The van der Waals surface area contributed by atoms with E-state index in [1.807, 2.05) is 0 Å². The molecule has 8 nitrogen and oxygen atoms in total. The van der Waals surface area contributed by atoms with Crippen LogP contribution in [0.1, 0.15) is 460 Å². The predicted molar refractivity (Wildman–Crippen MR) is 525 cm³/mol. The van der Waals surface area contributed by atoms with Gasteiger partial charge in [0.15, 0.2) is 0 Å². The summed E-state index contributed by atoms with van der Waals surface area (Å²) in [6.07, 6.45) is 80.0. The van der Waals surface area contributed by atoms with Crippen molar-refractivity contribution in [3.63, 3.8) is 0 Å². The molecule has 0 spiro atoms. The van der Waals surface area contributed by atoms with Gasteiger partial charge in [-0.15, -0.1) is 0 Å². The quantitative estimate of drug-likeness (QED) is 0.0946. The Morgan fingerprint density at radius 1 is 0.230 bits per heavy atom. The summed E-state index contributed by atoms with van der Waals surface area (Å²) in [5, 5.41) is 0. The number of ether oxygens (including phenoxy) is 8. The minimum absolute atomic E-state index is 0.304. The third-order valence-corrected chi connectivity index (χ3v) is 40.8. The average molecular weight is 1750 g/mol. The molecule has 13 unspecified atom stereocenters. The Morgan fingerprint density at radius 3 is 0.992 bits per heavy atom. The van der Waals surface area contributed by atoms with Crippen LogP contribution in [-0.4, -0.2) is 98.2 Å². The summed E-state index contributed by atoms with van der Waals surface area (Å²) in [4.78, 5) is 0. The van der Waals surface area contributed by atoms with Crippen LogP contribution in [0.5, 0.6) is 0 Å². The lowest BCUT2D eigenvalue weighted by Crippen LogP contribution is -2.53. The van der Waals surface area contributed by atoms with Crippen LogP contribution >= 0.6 is 0 Å². The molecule has 0 amide bonds. The van der Waals surface area contributed by atoms with E-state index in [4.69, 9.17) is 37.9 Å². The highest BCUT2D eigenvalue weighted by Gasteiger charge is 2.58. The SMILES string of the molecule is CC(C)C(C)OC12CC3CC(CC(C3)C1)C2.CC(C)C(C)OC1C2CC3CC(C2)CC1C3.CC(C)C(C)OC1CCCC(C2CCCCC2)C1.CC(C)C(C)OCC1C2CC3CC(C2)CC1C3.CC(C)OC1C2CC3CC(C2)CC1C3.CC(C)OC1CC2CC1C1CCCC21.CC(C)OC1CCCC(C2CCCCC2)C1.CC(C)OCC12CC3CC(CC(C3)C1)C2. The molecule has 0 aromatic rings. The Balaban J connectivity index is 0.000000111. The summed E-state index contributed by atoms with van der Waals surface area (Å²) < 4.78 is 49.4. The second-order valence-electron chi connectivity index (χ2n) is 53.4. The smallest absolute Gasteiger partial charge is 0.0694 e. The second-order valence-corrected chi connectivity index (χ2v) is 53.4. The molecule has 728 valence electrons. The van der Waals surface area contributed by atoms with Crippen LogP contribution in [0, 0.1) is 189 Å². The van der Waals surface area contributed by atoms with E-state index in [1.54, 1.807) is 38.5 Å². The fourth-order valence-electron chi connectivity index (χ4n) is 35.2. The van der Waals surface area contributed by atoms with Gasteiger partial charge in [-0.2, -0.15) is 0 Å². The first-order valence-electron chi connectivity index (χ1n) is 57.6. The first-order chi connectivity index (χ1) is 60.4. The Bertz CT molecular complexity index is 2980. The minimum atomic E-state index is 0.304. The maximum Gasteiger partial charge on any atom is 0.0694 e.